The number of nitrogens with one attached hydrogen (secondary N) is 1. The van der Waals surface area contributed by atoms with Crippen LogP contribution < -0.4 is 14.6 Å². The molecule has 0 atom stereocenters. The summed E-state index contributed by atoms with van der Waals surface area (Å²) >= 11 is 0. The van der Waals surface area contributed by atoms with Crippen molar-refractivity contribution in [2.45, 2.75) is 130 Å². The van der Waals surface area contributed by atoms with E-state index in [1.54, 1.807) is 0 Å². The number of rotatable bonds is 21. The second kappa shape index (κ2) is 19.7. The van der Waals surface area contributed by atoms with E-state index in [0.29, 0.717) is 12.1 Å². The van der Waals surface area contributed by atoms with Crippen LogP contribution in [0.3, 0.4) is 0 Å². The van der Waals surface area contributed by atoms with E-state index in [9.17, 15) is 4.79 Å². The van der Waals surface area contributed by atoms with Gasteiger partial charge in [-0.05, 0) is 49.6 Å². The van der Waals surface area contributed by atoms with Crippen molar-refractivity contribution in [2.75, 3.05) is 6.61 Å². The van der Waals surface area contributed by atoms with E-state index in [2.05, 4.69) is 36.9 Å². The van der Waals surface area contributed by atoms with Crippen LogP contribution in [0, 0.1) is 0 Å². The highest BCUT2D eigenvalue weighted by atomic mass is 16.5. The third kappa shape index (κ3) is 13.1. The van der Waals surface area contributed by atoms with Gasteiger partial charge in [0.1, 0.15) is 12.3 Å². The summed E-state index contributed by atoms with van der Waals surface area (Å²) < 4.78 is 8.20. The summed E-state index contributed by atoms with van der Waals surface area (Å²) in [4.78, 5) is 12.7. The number of aromatic nitrogens is 1. The van der Waals surface area contributed by atoms with E-state index in [1.807, 2.05) is 36.5 Å². The van der Waals surface area contributed by atoms with E-state index in [-0.39, 0.29) is 5.91 Å². The van der Waals surface area contributed by atoms with Crippen LogP contribution in [-0.4, -0.2) is 12.5 Å². The molecule has 1 heterocycles. The second-order valence-electron chi connectivity index (χ2n) is 10.3. The number of hydrogen-bond acceptors (Lipinski definition) is 2. The maximum Gasteiger partial charge on any atom is 0.251 e. The molecular formula is C33H53N2O2+. The molecule has 2 aromatic rings. The van der Waals surface area contributed by atoms with Gasteiger partial charge in [0.15, 0.2) is 12.4 Å². The minimum Gasteiger partial charge on any atom is -0.493 e. The van der Waals surface area contributed by atoms with Crippen molar-refractivity contribution < 1.29 is 14.1 Å². The maximum absolute atomic E-state index is 12.7. The Morgan fingerprint density at radius 1 is 0.811 bits per heavy atom. The number of ether oxygens (including phenoxy) is 1. The van der Waals surface area contributed by atoms with Crippen LogP contribution in [0.5, 0.6) is 5.75 Å². The van der Waals surface area contributed by atoms with Gasteiger partial charge < -0.3 is 10.1 Å². The van der Waals surface area contributed by atoms with Crippen LogP contribution in [0.25, 0.3) is 0 Å². The predicted octanol–water partition coefficient (Wildman–Crippen LogP) is 8.35. The number of pyridine rings is 1. The van der Waals surface area contributed by atoms with E-state index < -0.39 is 0 Å². The number of nitrogens with zero attached hydrogens (tertiary/aromatic N) is 1. The SMILES string of the molecule is CCCCCCCCCCCCCCCCOc1ccc(C(=O)NCc2ccc[n+](CC)c2)cc1CC. The highest BCUT2D eigenvalue weighted by Crippen LogP contribution is 2.22. The number of carbonyl (C=O) groups excluding carboxylic acids is 1. The van der Waals surface area contributed by atoms with Gasteiger partial charge in [0, 0.05) is 23.7 Å². The fourth-order valence-electron chi connectivity index (χ4n) is 4.78. The topological polar surface area (TPSA) is 42.2 Å². The molecule has 1 amide bonds. The normalized spacial score (nSPS) is 11.0. The van der Waals surface area contributed by atoms with Gasteiger partial charge in [0.25, 0.3) is 5.91 Å². The zero-order valence-electron chi connectivity index (χ0n) is 24.0. The number of benzene rings is 1. The average Bonchev–Trinajstić information content (AvgIpc) is 2.93. The maximum atomic E-state index is 12.7. The Morgan fingerprint density at radius 3 is 2.03 bits per heavy atom. The van der Waals surface area contributed by atoms with Gasteiger partial charge in [-0.25, -0.2) is 4.57 Å². The molecule has 0 aliphatic carbocycles. The molecule has 1 aromatic heterocycles. The lowest BCUT2D eigenvalue weighted by Crippen LogP contribution is -2.32. The Morgan fingerprint density at radius 2 is 1.43 bits per heavy atom. The van der Waals surface area contributed by atoms with Crippen LogP contribution in [0.4, 0.5) is 0 Å². The first-order valence-electron chi connectivity index (χ1n) is 15.2. The van der Waals surface area contributed by atoms with Crippen molar-refractivity contribution in [1.82, 2.24) is 5.32 Å². The fraction of sp³-hybridized carbons (Fsp3) is 0.636. The first kappa shape index (κ1) is 30.9. The smallest absolute Gasteiger partial charge is 0.251 e. The van der Waals surface area contributed by atoms with Gasteiger partial charge in [-0.1, -0.05) is 97.3 Å². The van der Waals surface area contributed by atoms with Crippen LogP contribution in [0.1, 0.15) is 132 Å². The minimum atomic E-state index is -0.0416. The molecule has 0 aliphatic heterocycles. The summed E-state index contributed by atoms with van der Waals surface area (Å²) in [5.41, 5.74) is 2.89. The summed E-state index contributed by atoms with van der Waals surface area (Å²) in [5, 5.41) is 3.04. The standard InChI is InChI=1S/C33H52N2O2/c1-4-7-8-9-10-11-12-13-14-15-16-17-18-19-25-37-32-23-22-31(26-30(32)5-2)33(36)34-27-29-21-20-24-35(6-3)28-29/h20-24,26,28H,4-19,25,27H2,1-3H3/p+1. The molecule has 1 N–H and O–H groups in total. The summed E-state index contributed by atoms with van der Waals surface area (Å²) in [6.45, 7) is 8.70. The molecule has 0 saturated carbocycles. The summed E-state index contributed by atoms with van der Waals surface area (Å²) in [6, 6.07) is 9.88. The number of unbranched alkanes of at least 4 members (excludes halogenated alkanes) is 13. The zero-order valence-corrected chi connectivity index (χ0v) is 24.0. The molecule has 2 rings (SSSR count). The molecule has 0 spiro atoms. The Labute approximate surface area is 227 Å². The molecule has 0 fully saturated rings. The Kier molecular flexibility index (Phi) is 16.4. The molecule has 0 aliphatic rings. The first-order valence-corrected chi connectivity index (χ1v) is 15.2. The lowest BCUT2D eigenvalue weighted by atomic mass is 10.0. The molecule has 0 bridgehead atoms. The molecule has 1 aromatic carbocycles. The number of carbonyl (C=O) groups is 1. The van der Waals surface area contributed by atoms with Crippen molar-refractivity contribution in [3.63, 3.8) is 0 Å². The van der Waals surface area contributed by atoms with Crippen LogP contribution >= 0.6 is 0 Å². The molecular weight excluding hydrogens is 456 g/mol. The first-order chi connectivity index (χ1) is 18.2. The van der Waals surface area contributed by atoms with E-state index in [4.69, 9.17) is 4.74 Å². The van der Waals surface area contributed by atoms with E-state index in [1.165, 1.54) is 83.5 Å². The molecule has 37 heavy (non-hydrogen) atoms. The number of hydrogen-bond donors (Lipinski definition) is 1. The predicted molar refractivity (Wildman–Crippen MR) is 155 cm³/mol. The number of aryl methyl sites for hydroxylation is 2. The van der Waals surface area contributed by atoms with Gasteiger partial charge in [-0.3, -0.25) is 4.79 Å². The summed E-state index contributed by atoms with van der Waals surface area (Å²) in [7, 11) is 0. The molecule has 0 unspecified atom stereocenters. The van der Waals surface area contributed by atoms with E-state index >= 15 is 0 Å². The molecule has 4 heteroatoms. The average molecular weight is 510 g/mol. The van der Waals surface area contributed by atoms with Gasteiger partial charge in [-0.15, -0.1) is 0 Å². The van der Waals surface area contributed by atoms with Crippen LogP contribution in [-0.2, 0) is 19.5 Å². The lowest BCUT2D eigenvalue weighted by molar-refractivity contribution is -0.694. The second-order valence-corrected chi connectivity index (χ2v) is 10.3. The van der Waals surface area contributed by atoms with E-state index in [0.717, 1.165) is 42.9 Å². The quantitative estimate of drug-likeness (QED) is 0.136. The van der Waals surface area contributed by atoms with Gasteiger partial charge in [-0.2, -0.15) is 0 Å². The van der Waals surface area contributed by atoms with Gasteiger partial charge in [0.2, 0.25) is 0 Å². The van der Waals surface area contributed by atoms with Crippen LogP contribution in [0.2, 0.25) is 0 Å². The van der Waals surface area contributed by atoms with Gasteiger partial charge >= 0.3 is 0 Å². The number of amides is 1. The monoisotopic (exact) mass is 509 g/mol. The van der Waals surface area contributed by atoms with Crippen LogP contribution in [0.15, 0.2) is 42.7 Å². The van der Waals surface area contributed by atoms with Crippen molar-refractivity contribution in [1.29, 1.82) is 0 Å². The Hall–Kier alpha value is -2.36. The summed E-state index contributed by atoms with van der Waals surface area (Å²) in [5.74, 6) is 0.876. The highest BCUT2D eigenvalue weighted by Gasteiger charge is 2.11. The molecule has 0 radical (unpaired) electrons. The minimum absolute atomic E-state index is 0.0416. The van der Waals surface area contributed by atoms with Crippen molar-refractivity contribution in [3.8, 4) is 5.75 Å². The largest absolute Gasteiger partial charge is 0.493 e. The van der Waals surface area contributed by atoms with Crippen molar-refractivity contribution in [3.05, 3.63) is 59.4 Å². The van der Waals surface area contributed by atoms with Crippen molar-refractivity contribution >= 4 is 5.91 Å². The Bertz CT molecular complexity index is 880. The van der Waals surface area contributed by atoms with Crippen molar-refractivity contribution in [2.24, 2.45) is 0 Å². The van der Waals surface area contributed by atoms with Gasteiger partial charge in [0.05, 0.1) is 6.61 Å². The highest BCUT2D eigenvalue weighted by molar-refractivity contribution is 5.94. The fourth-order valence-corrected chi connectivity index (χ4v) is 4.78. The third-order valence-electron chi connectivity index (χ3n) is 7.20. The third-order valence-corrected chi connectivity index (χ3v) is 7.20. The summed E-state index contributed by atoms with van der Waals surface area (Å²) in [6.07, 6.45) is 24.0. The Balaban J connectivity index is 1.57. The molecule has 206 valence electrons. The zero-order chi connectivity index (χ0) is 26.6. The molecule has 4 nitrogen and oxygen atoms in total. The molecule has 0 saturated heterocycles. The lowest BCUT2D eigenvalue weighted by Gasteiger charge is -2.12.